The van der Waals surface area contributed by atoms with Gasteiger partial charge in [0.05, 0.1) is 23.9 Å². The van der Waals surface area contributed by atoms with E-state index in [9.17, 15) is 0 Å². The number of anilines is 1. The minimum atomic E-state index is 0.492. The average molecular weight is 398 g/mol. The molecule has 6 heteroatoms. The maximum Gasteiger partial charge on any atom is 0.184 e. The van der Waals surface area contributed by atoms with Crippen LogP contribution >= 0.6 is 11.3 Å². The molecule has 28 heavy (non-hydrogen) atoms. The summed E-state index contributed by atoms with van der Waals surface area (Å²) in [6, 6.07) is 15.0. The van der Waals surface area contributed by atoms with E-state index < -0.39 is 0 Å². The zero-order valence-corrected chi connectivity index (χ0v) is 17.3. The van der Waals surface area contributed by atoms with Gasteiger partial charge in [-0.25, -0.2) is 4.98 Å². The van der Waals surface area contributed by atoms with Crippen LogP contribution in [-0.2, 0) is 6.54 Å². The number of benzene rings is 2. The second kappa shape index (κ2) is 8.80. The smallest absolute Gasteiger partial charge is 0.184 e. The number of ether oxygens (including phenoxy) is 2. The van der Waals surface area contributed by atoms with E-state index in [0.717, 1.165) is 54.6 Å². The highest BCUT2D eigenvalue weighted by molar-refractivity contribution is 7.22. The topological polar surface area (TPSA) is 46.6 Å². The van der Waals surface area contributed by atoms with Crippen LogP contribution in [0.1, 0.15) is 25.3 Å². The Bertz CT molecular complexity index is 886. The van der Waals surface area contributed by atoms with Crippen LogP contribution in [0.25, 0.3) is 10.2 Å². The van der Waals surface area contributed by atoms with Gasteiger partial charge in [0.1, 0.15) is 0 Å². The number of likely N-dealkylation sites (tertiary alicyclic amines) is 1. The van der Waals surface area contributed by atoms with E-state index in [4.69, 9.17) is 14.5 Å². The van der Waals surface area contributed by atoms with Gasteiger partial charge in [-0.3, -0.25) is 4.90 Å². The maximum absolute atomic E-state index is 5.71. The first-order chi connectivity index (χ1) is 13.7. The largest absolute Gasteiger partial charge is 0.493 e. The minimum absolute atomic E-state index is 0.492. The van der Waals surface area contributed by atoms with Gasteiger partial charge in [-0.1, -0.05) is 29.5 Å². The number of methoxy groups -OCH3 is 1. The minimum Gasteiger partial charge on any atom is -0.493 e. The maximum atomic E-state index is 5.71. The fourth-order valence-corrected chi connectivity index (χ4v) is 4.63. The molecule has 0 radical (unpaired) electrons. The predicted octanol–water partition coefficient (Wildman–Crippen LogP) is 4.78. The molecular weight excluding hydrogens is 370 g/mol. The van der Waals surface area contributed by atoms with Crippen LogP contribution in [0.3, 0.4) is 0 Å². The van der Waals surface area contributed by atoms with Gasteiger partial charge in [0.25, 0.3) is 0 Å². The van der Waals surface area contributed by atoms with E-state index in [1.165, 1.54) is 10.3 Å². The Hall–Kier alpha value is -2.31. The summed E-state index contributed by atoms with van der Waals surface area (Å²) in [6.07, 6.45) is 2.26. The molecule has 148 valence electrons. The first-order valence-corrected chi connectivity index (χ1v) is 10.7. The standard InChI is InChI=1S/C22H27N3O2S/c1-3-27-20-14-16(8-9-19(20)26-2)15-25-12-10-17(11-13-25)23-22-24-18-6-4-5-7-21(18)28-22/h4-9,14,17H,3,10-13,15H2,1-2H3,(H,23,24). The number of aromatic nitrogens is 1. The molecule has 1 aromatic heterocycles. The summed E-state index contributed by atoms with van der Waals surface area (Å²) in [4.78, 5) is 7.21. The summed E-state index contributed by atoms with van der Waals surface area (Å²) in [5.41, 5.74) is 2.35. The molecule has 0 atom stereocenters. The number of nitrogens with one attached hydrogen (secondary N) is 1. The van der Waals surface area contributed by atoms with E-state index in [2.05, 4.69) is 40.5 Å². The number of rotatable bonds is 7. The second-order valence-corrected chi connectivity index (χ2v) is 8.13. The Morgan fingerprint density at radius 1 is 1.14 bits per heavy atom. The van der Waals surface area contributed by atoms with Crippen molar-refractivity contribution in [1.29, 1.82) is 0 Å². The van der Waals surface area contributed by atoms with Gasteiger partial charge in [-0.15, -0.1) is 0 Å². The van der Waals surface area contributed by atoms with Gasteiger partial charge < -0.3 is 14.8 Å². The summed E-state index contributed by atoms with van der Waals surface area (Å²) in [5.74, 6) is 1.62. The molecule has 0 aliphatic carbocycles. The van der Waals surface area contributed by atoms with E-state index in [-0.39, 0.29) is 0 Å². The molecule has 0 saturated carbocycles. The third-order valence-corrected chi connectivity index (χ3v) is 6.11. The third-order valence-electron chi connectivity index (χ3n) is 5.14. The molecule has 4 rings (SSSR count). The van der Waals surface area contributed by atoms with Crippen molar-refractivity contribution in [1.82, 2.24) is 9.88 Å². The van der Waals surface area contributed by atoms with Crippen molar-refractivity contribution in [2.75, 3.05) is 32.1 Å². The molecular formula is C22H27N3O2S. The Morgan fingerprint density at radius 2 is 1.96 bits per heavy atom. The van der Waals surface area contributed by atoms with Crippen LogP contribution in [0.15, 0.2) is 42.5 Å². The molecule has 2 aromatic carbocycles. The Morgan fingerprint density at radius 3 is 2.71 bits per heavy atom. The monoisotopic (exact) mass is 397 g/mol. The number of hydrogen-bond acceptors (Lipinski definition) is 6. The van der Waals surface area contributed by atoms with Crippen molar-refractivity contribution in [2.45, 2.75) is 32.4 Å². The molecule has 0 unspecified atom stereocenters. The van der Waals surface area contributed by atoms with Crippen LogP contribution in [0.4, 0.5) is 5.13 Å². The lowest BCUT2D eigenvalue weighted by Gasteiger charge is -2.32. The lowest BCUT2D eigenvalue weighted by atomic mass is 10.0. The highest BCUT2D eigenvalue weighted by Crippen LogP contribution is 2.30. The average Bonchev–Trinajstić information content (AvgIpc) is 3.12. The van der Waals surface area contributed by atoms with Gasteiger partial charge in [0.15, 0.2) is 16.6 Å². The van der Waals surface area contributed by atoms with Gasteiger partial charge in [-0.2, -0.15) is 0 Å². The Balaban J connectivity index is 1.32. The first-order valence-electron chi connectivity index (χ1n) is 9.89. The third kappa shape index (κ3) is 4.39. The summed E-state index contributed by atoms with van der Waals surface area (Å²) in [5, 5.41) is 4.68. The molecule has 3 aromatic rings. The molecule has 1 aliphatic heterocycles. The van der Waals surface area contributed by atoms with Crippen LogP contribution in [0.2, 0.25) is 0 Å². The molecule has 0 bridgehead atoms. The number of piperidine rings is 1. The number of hydrogen-bond donors (Lipinski definition) is 1. The number of fused-ring (bicyclic) bond motifs is 1. The highest BCUT2D eigenvalue weighted by atomic mass is 32.1. The van der Waals surface area contributed by atoms with Crippen LogP contribution in [0, 0.1) is 0 Å². The van der Waals surface area contributed by atoms with Crippen molar-refractivity contribution in [3.63, 3.8) is 0 Å². The van der Waals surface area contributed by atoms with Gasteiger partial charge >= 0.3 is 0 Å². The molecule has 0 amide bonds. The lowest BCUT2D eigenvalue weighted by Crippen LogP contribution is -2.38. The first kappa shape index (κ1) is 19.0. The van der Waals surface area contributed by atoms with Crippen molar-refractivity contribution >= 4 is 26.7 Å². The fraction of sp³-hybridized carbons (Fsp3) is 0.409. The van der Waals surface area contributed by atoms with E-state index in [1.54, 1.807) is 18.4 Å². The molecule has 0 spiro atoms. The highest BCUT2D eigenvalue weighted by Gasteiger charge is 2.20. The molecule has 1 saturated heterocycles. The van der Waals surface area contributed by atoms with Crippen LogP contribution in [0.5, 0.6) is 11.5 Å². The predicted molar refractivity (Wildman–Crippen MR) is 116 cm³/mol. The van der Waals surface area contributed by atoms with Crippen molar-refractivity contribution in [3.8, 4) is 11.5 Å². The number of thiazole rings is 1. The van der Waals surface area contributed by atoms with Crippen molar-refractivity contribution in [3.05, 3.63) is 48.0 Å². The van der Waals surface area contributed by atoms with Gasteiger partial charge in [-0.05, 0) is 49.6 Å². The zero-order valence-electron chi connectivity index (χ0n) is 16.5. The quantitative estimate of drug-likeness (QED) is 0.622. The van der Waals surface area contributed by atoms with Crippen LogP contribution < -0.4 is 14.8 Å². The SMILES string of the molecule is CCOc1cc(CN2CCC(Nc3nc4ccccc4s3)CC2)ccc1OC. The lowest BCUT2D eigenvalue weighted by molar-refractivity contribution is 0.211. The van der Waals surface area contributed by atoms with Gasteiger partial charge in [0, 0.05) is 25.7 Å². The Kier molecular flexibility index (Phi) is 5.98. The van der Waals surface area contributed by atoms with Crippen molar-refractivity contribution < 1.29 is 9.47 Å². The summed E-state index contributed by atoms with van der Waals surface area (Å²) >= 11 is 1.74. The molecule has 1 N–H and O–H groups in total. The van der Waals surface area contributed by atoms with E-state index >= 15 is 0 Å². The van der Waals surface area contributed by atoms with Crippen molar-refractivity contribution in [2.24, 2.45) is 0 Å². The van der Waals surface area contributed by atoms with Crippen LogP contribution in [-0.4, -0.2) is 42.7 Å². The molecule has 1 aliphatic rings. The molecule has 2 heterocycles. The normalized spacial score (nSPS) is 15.6. The molecule has 5 nitrogen and oxygen atoms in total. The second-order valence-electron chi connectivity index (χ2n) is 7.10. The van der Waals surface area contributed by atoms with E-state index in [1.807, 2.05) is 19.1 Å². The fourth-order valence-electron chi connectivity index (χ4n) is 3.69. The summed E-state index contributed by atoms with van der Waals surface area (Å²) in [6.45, 7) is 5.74. The van der Waals surface area contributed by atoms with Gasteiger partial charge in [0.2, 0.25) is 0 Å². The van der Waals surface area contributed by atoms with E-state index in [0.29, 0.717) is 12.6 Å². The summed E-state index contributed by atoms with van der Waals surface area (Å²) < 4.78 is 12.3. The summed E-state index contributed by atoms with van der Waals surface area (Å²) in [7, 11) is 1.68. The Labute approximate surface area is 170 Å². The number of para-hydroxylation sites is 1. The zero-order chi connectivity index (χ0) is 19.3. The molecule has 1 fully saturated rings. The number of nitrogens with zero attached hydrogens (tertiary/aromatic N) is 2.